The first kappa shape index (κ1) is 30.6. The van der Waals surface area contributed by atoms with Gasteiger partial charge in [0.25, 0.3) is 0 Å². The molecule has 7 atom stereocenters. The molecule has 1 saturated carbocycles. The quantitative estimate of drug-likeness (QED) is 0.122. The molecule has 0 amide bonds. The number of ether oxygens (including phenoxy) is 2. The molecule has 31 heavy (non-hydrogen) atoms. The van der Waals surface area contributed by atoms with E-state index >= 15 is 0 Å². The van der Waals surface area contributed by atoms with Crippen molar-refractivity contribution in [2.75, 3.05) is 13.2 Å². The second-order valence-corrected chi connectivity index (χ2v) is 8.03. The topological polar surface area (TPSA) is 198 Å². The van der Waals surface area contributed by atoms with Crippen LogP contribution in [0.5, 0.6) is 0 Å². The molecule has 2 fully saturated rings. The first-order valence-corrected chi connectivity index (χ1v) is 9.95. The van der Waals surface area contributed by atoms with E-state index in [1.807, 2.05) is 0 Å². The zero-order valence-electron chi connectivity index (χ0n) is 16.7. The van der Waals surface area contributed by atoms with Gasteiger partial charge in [0, 0.05) is 6.42 Å². The van der Waals surface area contributed by atoms with E-state index in [1.54, 1.807) is 0 Å². The number of hydrogen-bond donors (Lipinski definition) is 6. The Morgan fingerprint density at radius 3 is 2.06 bits per heavy atom. The van der Waals surface area contributed by atoms with E-state index in [1.165, 1.54) is 19.3 Å². The molecule has 1 unspecified atom stereocenters. The molecular formula is C18H30ClNO10Pt. The number of halogens is 1. The number of carbonyl (C=O) groups is 2. The molecule has 0 aromatic rings. The monoisotopic (exact) mass is 650 g/mol. The van der Waals surface area contributed by atoms with Crippen molar-refractivity contribution in [1.29, 1.82) is 0 Å². The maximum atomic E-state index is 10.8. The molecule has 2 rings (SSSR count). The Bertz CT molecular complexity index is 545. The van der Waals surface area contributed by atoms with Crippen LogP contribution in [0.1, 0.15) is 32.1 Å². The number of nitrogens with one attached hydrogen (secondary N) is 1. The fourth-order valence-electron chi connectivity index (χ4n) is 3.03. The summed E-state index contributed by atoms with van der Waals surface area (Å²) < 4.78 is 9.97. The van der Waals surface area contributed by atoms with Crippen LogP contribution in [0.25, 0.3) is 5.73 Å². The third kappa shape index (κ3) is 8.49. The number of rotatable bonds is 7. The number of aliphatic hydroxyl groups excluding tert-OH is 4. The summed E-state index contributed by atoms with van der Waals surface area (Å²) in [5.41, 5.74) is 7.42. The van der Waals surface area contributed by atoms with Gasteiger partial charge in [-0.2, -0.15) is 12.0 Å². The molecule has 1 heterocycles. The van der Waals surface area contributed by atoms with E-state index in [2.05, 4.69) is 6.92 Å². The minimum absolute atomic E-state index is 0. The molecule has 2 aliphatic rings. The Balaban J connectivity index is 0.000000838. The van der Waals surface area contributed by atoms with Gasteiger partial charge >= 0.3 is 33.0 Å². The van der Waals surface area contributed by atoms with Crippen molar-refractivity contribution in [3.8, 4) is 0 Å². The average Bonchev–Trinajstić information content (AvgIpc) is 2.70. The Labute approximate surface area is 199 Å². The van der Waals surface area contributed by atoms with Crippen molar-refractivity contribution >= 4 is 23.5 Å². The molecule has 0 bridgehead atoms. The first-order valence-electron chi connectivity index (χ1n) is 9.57. The van der Waals surface area contributed by atoms with Gasteiger partial charge in [0.15, 0.2) is 6.29 Å². The van der Waals surface area contributed by atoms with Crippen molar-refractivity contribution in [3.05, 3.63) is 12.7 Å². The molecule has 1 aliphatic heterocycles. The van der Waals surface area contributed by atoms with Crippen molar-refractivity contribution < 1.29 is 70.8 Å². The fourth-order valence-corrected chi connectivity index (χ4v) is 3.11. The van der Waals surface area contributed by atoms with E-state index in [4.69, 9.17) is 42.1 Å². The molecule has 0 aromatic heterocycles. The molecule has 0 spiro atoms. The maximum Gasteiger partial charge on any atom is 2.00 e. The van der Waals surface area contributed by atoms with Gasteiger partial charge in [0.1, 0.15) is 24.4 Å². The second-order valence-electron chi connectivity index (χ2n) is 7.38. The van der Waals surface area contributed by atoms with Crippen LogP contribution in [0.2, 0.25) is 0 Å². The van der Waals surface area contributed by atoms with E-state index in [9.17, 15) is 24.9 Å². The Morgan fingerprint density at radius 1 is 1.10 bits per heavy atom. The van der Waals surface area contributed by atoms with Gasteiger partial charge in [-0.1, -0.05) is 37.3 Å². The van der Waals surface area contributed by atoms with Crippen LogP contribution in [0, 0.1) is 12.8 Å². The molecule has 184 valence electrons. The van der Waals surface area contributed by atoms with Crippen LogP contribution < -0.4 is 0 Å². The summed E-state index contributed by atoms with van der Waals surface area (Å²) in [6, 6.07) is 0.142. The van der Waals surface area contributed by atoms with E-state index < -0.39 is 67.2 Å². The van der Waals surface area contributed by atoms with Gasteiger partial charge < -0.3 is 52.8 Å². The van der Waals surface area contributed by atoms with E-state index in [0.29, 0.717) is 5.92 Å². The number of hydrogen-bond acceptors (Lipinski definition) is 8. The normalized spacial score (nSPS) is 33.5. The zero-order chi connectivity index (χ0) is 23.1. The van der Waals surface area contributed by atoms with Crippen LogP contribution in [0.15, 0.2) is 0 Å². The first-order chi connectivity index (χ1) is 14.0. The SMILES string of the molecule is O=C(O)C(Cl)(CCOC1O[C@H](CO)[C@@H](O)[C@H](O)[C@@H]1O)C(=O)O.[CH2-][C@@H]1CCCC[C@H]1[NH-].[Pt+2]. The largest absolute Gasteiger partial charge is 2.00 e. The molecule has 1 aliphatic carbocycles. The van der Waals surface area contributed by atoms with Crippen molar-refractivity contribution in [2.45, 2.75) is 73.7 Å². The van der Waals surface area contributed by atoms with Crippen LogP contribution in [-0.4, -0.2) is 97.4 Å². The molecule has 7 N–H and O–H groups in total. The third-order valence-electron chi connectivity index (χ3n) is 5.16. The van der Waals surface area contributed by atoms with Crippen LogP contribution in [0.4, 0.5) is 0 Å². The standard InChI is InChI=1S/C11H17ClO10.C7H13N.Pt/c12-11(9(17)18,10(19)20)1-2-21-8-7(16)6(15)5(14)4(3-13)22-8;1-6-4-2-3-5-7(6)8;/h4-8,13-16H,1-3H2,(H,17,18)(H,19,20);6-8H,1-5H2;/q;-2;+2/t4-,5-,6+,7+,8?;6-,7-;/m11./s1. The van der Waals surface area contributed by atoms with Gasteiger partial charge in [0.2, 0.25) is 4.87 Å². The molecule has 1 saturated heterocycles. The van der Waals surface area contributed by atoms with Gasteiger partial charge in [-0.3, -0.25) is 0 Å². The van der Waals surface area contributed by atoms with Crippen molar-refractivity contribution in [3.63, 3.8) is 0 Å². The summed E-state index contributed by atoms with van der Waals surface area (Å²) in [4.78, 5) is 19.1. The van der Waals surface area contributed by atoms with Crippen molar-refractivity contribution in [2.24, 2.45) is 5.92 Å². The molecule has 11 nitrogen and oxygen atoms in total. The van der Waals surface area contributed by atoms with E-state index in [0.717, 1.165) is 6.42 Å². The fraction of sp³-hybridized carbons (Fsp3) is 0.833. The predicted octanol–water partition coefficient (Wildman–Crippen LogP) is -0.231. The number of carboxylic acid groups (broad SMARTS) is 2. The Morgan fingerprint density at radius 2 is 1.65 bits per heavy atom. The van der Waals surface area contributed by atoms with Gasteiger partial charge in [0.05, 0.1) is 13.2 Å². The Hall–Kier alpha value is -0.362. The number of aliphatic hydroxyl groups is 4. The average molecular weight is 651 g/mol. The summed E-state index contributed by atoms with van der Waals surface area (Å²) in [5.74, 6) is -3.14. The van der Waals surface area contributed by atoms with Gasteiger partial charge in [-0.25, -0.2) is 9.59 Å². The van der Waals surface area contributed by atoms with Gasteiger partial charge in [-0.15, -0.1) is 0 Å². The maximum absolute atomic E-state index is 10.8. The number of aliphatic carboxylic acids is 2. The summed E-state index contributed by atoms with van der Waals surface area (Å²) in [6.07, 6.45) is -3.42. The van der Waals surface area contributed by atoms with Crippen molar-refractivity contribution in [1.82, 2.24) is 0 Å². The van der Waals surface area contributed by atoms with Gasteiger partial charge in [-0.05, 0) is 0 Å². The summed E-state index contributed by atoms with van der Waals surface area (Å²) in [7, 11) is 0. The number of carboxylic acids is 2. The van der Waals surface area contributed by atoms with Crippen LogP contribution in [-0.2, 0) is 40.1 Å². The van der Waals surface area contributed by atoms with E-state index in [-0.39, 0.29) is 27.1 Å². The summed E-state index contributed by atoms with van der Waals surface area (Å²) >= 11 is 5.46. The summed E-state index contributed by atoms with van der Waals surface area (Å²) in [5, 5.41) is 55.3. The van der Waals surface area contributed by atoms with Crippen LogP contribution >= 0.6 is 11.6 Å². The third-order valence-corrected chi connectivity index (χ3v) is 5.68. The van der Waals surface area contributed by atoms with Crippen LogP contribution in [0.3, 0.4) is 0 Å². The zero-order valence-corrected chi connectivity index (χ0v) is 19.7. The second kappa shape index (κ2) is 14.0. The number of alkyl halides is 1. The smallest absolute Gasteiger partial charge is 0.677 e. The molecule has 0 radical (unpaired) electrons. The minimum atomic E-state index is -2.60. The minimum Gasteiger partial charge on any atom is -0.677 e. The molecule has 0 aromatic carbocycles. The molecule has 13 heteroatoms. The summed E-state index contributed by atoms with van der Waals surface area (Å²) in [6.45, 7) is 2.71. The predicted molar refractivity (Wildman–Crippen MR) is 104 cm³/mol. The Kier molecular flexibility index (Phi) is 13.9. The molecular weight excluding hydrogens is 621 g/mol.